The summed E-state index contributed by atoms with van der Waals surface area (Å²) in [6.45, 7) is 2.06. The van der Waals surface area contributed by atoms with Crippen molar-refractivity contribution in [2.45, 2.75) is 25.3 Å². The van der Waals surface area contributed by atoms with Gasteiger partial charge in [-0.05, 0) is 18.8 Å². The molecule has 0 aromatic rings. The summed E-state index contributed by atoms with van der Waals surface area (Å²) < 4.78 is 0. The highest BCUT2D eigenvalue weighted by molar-refractivity contribution is 5.76. The van der Waals surface area contributed by atoms with E-state index in [0.717, 1.165) is 25.9 Å². The van der Waals surface area contributed by atoms with Crippen molar-refractivity contribution in [3.8, 4) is 0 Å². The minimum atomic E-state index is 0.237. The monoisotopic (exact) mass is 154 g/mol. The molecule has 0 bridgehead atoms. The van der Waals surface area contributed by atoms with Crippen molar-refractivity contribution in [1.82, 2.24) is 10.6 Å². The summed E-state index contributed by atoms with van der Waals surface area (Å²) in [5, 5.41) is 6.34. The summed E-state index contributed by atoms with van der Waals surface area (Å²) in [6, 6.07) is 0.421. The molecule has 3 nitrogen and oxygen atoms in total. The molecule has 2 aliphatic rings. The van der Waals surface area contributed by atoms with Crippen LogP contribution in [0, 0.1) is 5.92 Å². The lowest BCUT2D eigenvalue weighted by Crippen LogP contribution is -2.38. The first-order chi connectivity index (χ1) is 5.36. The second-order valence-corrected chi connectivity index (χ2v) is 3.48. The van der Waals surface area contributed by atoms with Crippen molar-refractivity contribution < 1.29 is 4.79 Å². The van der Waals surface area contributed by atoms with Gasteiger partial charge in [-0.15, -0.1) is 0 Å². The Balaban J connectivity index is 2.03. The number of fused-ring (bicyclic) bond motifs is 1. The van der Waals surface area contributed by atoms with Crippen LogP contribution in [0.25, 0.3) is 0 Å². The van der Waals surface area contributed by atoms with Crippen LogP contribution in [0.2, 0.25) is 0 Å². The Morgan fingerprint density at radius 1 is 1.36 bits per heavy atom. The Labute approximate surface area is 66.5 Å². The van der Waals surface area contributed by atoms with E-state index in [2.05, 4.69) is 10.6 Å². The molecule has 3 heteroatoms. The van der Waals surface area contributed by atoms with Gasteiger partial charge >= 0.3 is 0 Å². The SMILES string of the molecule is O=C1CCC[C@@H]2CNC[C@H]2N1. The standard InChI is InChI=1S/C8H14N2O/c11-8-3-1-2-6-4-9-5-7(6)10-8/h6-7,9H,1-5H2,(H,10,11)/t6-,7-/m1/s1. The topological polar surface area (TPSA) is 41.1 Å². The number of hydrogen-bond donors (Lipinski definition) is 2. The van der Waals surface area contributed by atoms with E-state index in [4.69, 9.17) is 0 Å². The molecular weight excluding hydrogens is 140 g/mol. The summed E-state index contributed by atoms with van der Waals surface area (Å²) in [5.74, 6) is 0.933. The fourth-order valence-corrected chi connectivity index (χ4v) is 2.01. The molecule has 0 saturated carbocycles. The van der Waals surface area contributed by atoms with Crippen LogP contribution in [0.1, 0.15) is 19.3 Å². The molecule has 0 aliphatic carbocycles. The maximum atomic E-state index is 11.1. The van der Waals surface area contributed by atoms with Crippen molar-refractivity contribution in [3.05, 3.63) is 0 Å². The molecule has 62 valence electrons. The quantitative estimate of drug-likeness (QED) is 0.510. The molecule has 0 spiro atoms. The minimum Gasteiger partial charge on any atom is -0.352 e. The predicted octanol–water partition coefficient (Wildman–Crippen LogP) is -0.126. The summed E-state index contributed by atoms with van der Waals surface area (Å²) in [4.78, 5) is 11.1. The van der Waals surface area contributed by atoms with Crippen LogP contribution in [0.15, 0.2) is 0 Å². The molecule has 1 amide bonds. The van der Waals surface area contributed by atoms with Gasteiger partial charge in [-0.3, -0.25) is 4.79 Å². The molecule has 11 heavy (non-hydrogen) atoms. The van der Waals surface area contributed by atoms with Crippen LogP contribution in [0.4, 0.5) is 0 Å². The Morgan fingerprint density at radius 3 is 3.18 bits per heavy atom. The van der Waals surface area contributed by atoms with Gasteiger partial charge < -0.3 is 10.6 Å². The number of carbonyl (C=O) groups is 1. The molecule has 2 aliphatic heterocycles. The van der Waals surface area contributed by atoms with Crippen LogP contribution >= 0.6 is 0 Å². The maximum absolute atomic E-state index is 11.1. The molecule has 0 aromatic heterocycles. The highest BCUT2D eigenvalue weighted by atomic mass is 16.1. The first kappa shape index (κ1) is 7.10. The van der Waals surface area contributed by atoms with Crippen molar-refractivity contribution >= 4 is 5.91 Å². The molecule has 0 unspecified atom stereocenters. The second kappa shape index (κ2) is 2.81. The molecule has 2 fully saturated rings. The van der Waals surface area contributed by atoms with E-state index < -0.39 is 0 Å². The average molecular weight is 154 g/mol. The van der Waals surface area contributed by atoms with Crippen molar-refractivity contribution in [2.75, 3.05) is 13.1 Å². The Kier molecular flexibility index (Phi) is 1.82. The maximum Gasteiger partial charge on any atom is 0.220 e. The van der Waals surface area contributed by atoms with Crippen LogP contribution in [-0.4, -0.2) is 25.0 Å². The van der Waals surface area contributed by atoms with Crippen LogP contribution in [0.5, 0.6) is 0 Å². The summed E-state index contributed by atoms with van der Waals surface area (Å²) >= 11 is 0. The van der Waals surface area contributed by atoms with Gasteiger partial charge in [-0.2, -0.15) is 0 Å². The van der Waals surface area contributed by atoms with Crippen molar-refractivity contribution in [1.29, 1.82) is 0 Å². The van der Waals surface area contributed by atoms with Crippen molar-refractivity contribution in [2.24, 2.45) is 5.92 Å². The molecule has 2 atom stereocenters. The van der Waals surface area contributed by atoms with E-state index in [1.807, 2.05) is 0 Å². The highest BCUT2D eigenvalue weighted by Crippen LogP contribution is 2.19. The lowest BCUT2D eigenvalue weighted by atomic mass is 9.99. The zero-order valence-electron chi connectivity index (χ0n) is 6.60. The summed E-state index contributed by atoms with van der Waals surface area (Å²) in [6.07, 6.45) is 3.00. The number of carbonyl (C=O) groups excluding carboxylic acids is 1. The van der Waals surface area contributed by atoms with E-state index in [0.29, 0.717) is 12.0 Å². The molecule has 2 rings (SSSR count). The van der Waals surface area contributed by atoms with E-state index in [1.165, 1.54) is 6.42 Å². The lowest BCUT2D eigenvalue weighted by molar-refractivity contribution is -0.121. The van der Waals surface area contributed by atoms with E-state index >= 15 is 0 Å². The number of hydrogen-bond acceptors (Lipinski definition) is 2. The third-order valence-electron chi connectivity index (χ3n) is 2.66. The van der Waals surface area contributed by atoms with Gasteiger partial charge in [0.05, 0.1) is 0 Å². The molecular formula is C8H14N2O. The van der Waals surface area contributed by atoms with Crippen molar-refractivity contribution in [3.63, 3.8) is 0 Å². The molecule has 0 radical (unpaired) electrons. The zero-order valence-corrected chi connectivity index (χ0v) is 6.60. The summed E-state index contributed by atoms with van der Waals surface area (Å²) in [5.41, 5.74) is 0. The minimum absolute atomic E-state index is 0.237. The van der Waals surface area contributed by atoms with Crippen LogP contribution in [0.3, 0.4) is 0 Å². The molecule has 2 heterocycles. The van der Waals surface area contributed by atoms with Gasteiger partial charge in [0.2, 0.25) is 5.91 Å². The van der Waals surface area contributed by atoms with E-state index in [-0.39, 0.29) is 5.91 Å². The van der Waals surface area contributed by atoms with Gasteiger partial charge in [0.1, 0.15) is 0 Å². The van der Waals surface area contributed by atoms with Crippen LogP contribution < -0.4 is 10.6 Å². The van der Waals surface area contributed by atoms with Gasteiger partial charge in [-0.25, -0.2) is 0 Å². The molecule has 2 saturated heterocycles. The van der Waals surface area contributed by atoms with Gasteiger partial charge in [0.25, 0.3) is 0 Å². The number of amides is 1. The fraction of sp³-hybridized carbons (Fsp3) is 0.875. The largest absolute Gasteiger partial charge is 0.352 e. The van der Waals surface area contributed by atoms with Gasteiger partial charge in [-0.1, -0.05) is 0 Å². The third-order valence-corrected chi connectivity index (χ3v) is 2.66. The Morgan fingerprint density at radius 2 is 2.27 bits per heavy atom. The average Bonchev–Trinajstić information content (AvgIpc) is 2.31. The first-order valence-corrected chi connectivity index (χ1v) is 4.36. The van der Waals surface area contributed by atoms with Gasteiger partial charge in [0.15, 0.2) is 0 Å². The van der Waals surface area contributed by atoms with E-state index in [1.54, 1.807) is 0 Å². The Bertz CT molecular complexity index is 169. The second-order valence-electron chi connectivity index (χ2n) is 3.48. The fourth-order valence-electron chi connectivity index (χ4n) is 2.01. The summed E-state index contributed by atoms with van der Waals surface area (Å²) in [7, 11) is 0. The normalized spacial score (nSPS) is 37.6. The number of nitrogens with one attached hydrogen (secondary N) is 2. The van der Waals surface area contributed by atoms with Crippen LogP contribution in [-0.2, 0) is 4.79 Å². The molecule has 0 aromatic carbocycles. The lowest BCUT2D eigenvalue weighted by Gasteiger charge is -2.14. The van der Waals surface area contributed by atoms with Gasteiger partial charge in [0, 0.05) is 25.6 Å². The Hall–Kier alpha value is -0.570. The first-order valence-electron chi connectivity index (χ1n) is 4.36. The number of rotatable bonds is 0. The third kappa shape index (κ3) is 1.38. The zero-order chi connectivity index (χ0) is 7.68. The predicted molar refractivity (Wildman–Crippen MR) is 42.1 cm³/mol. The highest BCUT2D eigenvalue weighted by Gasteiger charge is 2.29. The molecule has 2 N–H and O–H groups in total. The van der Waals surface area contributed by atoms with E-state index in [9.17, 15) is 4.79 Å². The smallest absolute Gasteiger partial charge is 0.220 e.